The average molecular weight is 535 g/mol. The van der Waals surface area contributed by atoms with E-state index < -0.39 is 16.6 Å². The Morgan fingerprint density at radius 1 is 1.03 bits per heavy atom. The minimum absolute atomic E-state index is 0.00700. The minimum atomic E-state index is -1.07. The Hall–Kier alpha value is -4.24. The van der Waals surface area contributed by atoms with E-state index in [-0.39, 0.29) is 29.6 Å². The third kappa shape index (κ3) is 5.68. The standard InChI is InChI=1S/C29H27FN2O5S/c1-17-23(11-18-5-8-21(9-6-18)38(4)35)22-10-7-20(30)14-25(22)24(17)15-28(33)32-31-16-19-12-26(36-2)29(34)27(13-19)37-3/h5-14,16,34H,15H2,1-4H3,(H,32,33)/b23-11-,31-16?. The van der Waals surface area contributed by atoms with Gasteiger partial charge in [0.05, 0.1) is 26.9 Å². The molecule has 1 aliphatic carbocycles. The highest BCUT2D eigenvalue weighted by Crippen LogP contribution is 2.44. The third-order valence-corrected chi connectivity index (χ3v) is 7.15. The molecule has 9 heteroatoms. The number of phenols is 1. The second-order valence-corrected chi connectivity index (χ2v) is 10.00. The first-order valence-corrected chi connectivity index (χ1v) is 13.2. The predicted octanol–water partition coefficient (Wildman–Crippen LogP) is 5.15. The molecule has 0 aromatic heterocycles. The highest BCUT2D eigenvalue weighted by Gasteiger charge is 2.25. The van der Waals surface area contributed by atoms with Crippen LogP contribution in [0.4, 0.5) is 4.39 Å². The fourth-order valence-electron chi connectivity index (χ4n) is 4.27. The number of nitrogens with zero attached hydrogens (tertiary/aromatic N) is 1. The smallest absolute Gasteiger partial charge is 0.244 e. The molecule has 2 N–H and O–H groups in total. The highest BCUT2D eigenvalue weighted by atomic mass is 32.2. The second kappa shape index (κ2) is 11.4. The lowest BCUT2D eigenvalue weighted by molar-refractivity contribution is -0.120. The summed E-state index contributed by atoms with van der Waals surface area (Å²) in [5, 5.41) is 14.1. The Morgan fingerprint density at radius 2 is 1.68 bits per heavy atom. The van der Waals surface area contributed by atoms with Gasteiger partial charge in [-0.1, -0.05) is 18.2 Å². The summed E-state index contributed by atoms with van der Waals surface area (Å²) < 4.78 is 36.2. The number of hydrazone groups is 1. The van der Waals surface area contributed by atoms with Gasteiger partial charge in [-0.2, -0.15) is 5.10 Å². The number of hydrogen-bond donors (Lipinski definition) is 2. The maximum absolute atomic E-state index is 14.2. The molecule has 0 heterocycles. The van der Waals surface area contributed by atoms with Crippen LogP contribution >= 0.6 is 0 Å². The van der Waals surface area contributed by atoms with Crippen molar-refractivity contribution in [2.45, 2.75) is 18.2 Å². The van der Waals surface area contributed by atoms with Crippen molar-refractivity contribution in [2.24, 2.45) is 5.10 Å². The van der Waals surface area contributed by atoms with E-state index in [4.69, 9.17) is 9.47 Å². The van der Waals surface area contributed by atoms with Crippen molar-refractivity contribution >= 4 is 40.1 Å². The fourth-order valence-corrected chi connectivity index (χ4v) is 4.79. The van der Waals surface area contributed by atoms with Crippen molar-refractivity contribution in [3.05, 3.63) is 88.2 Å². The van der Waals surface area contributed by atoms with Gasteiger partial charge < -0.3 is 14.6 Å². The monoisotopic (exact) mass is 534 g/mol. The number of rotatable bonds is 8. The number of amides is 1. The molecule has 3 aromatic carbocycles. The Balaban J connectivity index is 1.57. The van der Waals surface area contributed by atoms with Crippen LogP contribution < -0.4 is 14.9 Å². The lowest BCUT2D eigenvalue weighted by Gasteiger charge is -2.09. The van der Waals surface area contributed by atoms with Crippen molar-refractivity contribution in [3.8, 4) is 17.2 Å². The van der Waals surface area contributed by atoms with Crippen LogP contribution in [-0.4, -0.2) is 41.9 Å². The molecule has 1 atom stereocenters. The van der Waals surface area contributed by atoms with Gasteiger partial charge in [0, 0.05) is 27.5 Å². The number of benzene rings is 3. The number of halogens is 1. The molecular formula is C29H27FN2O5S. The summed E-state index contributed by atoms with van der Waals surface area (Å²) in [7, 11) is 1.76. The molecule has 0 saturated heterocycles. The zero-order valence-corrected chi connectivity index (χ0v) is 22.2. The first-order chi connectivity index (χ1) is 18.2. The summed E-state index contributed by atoms with van der Waals surface area (Å²) in [6.07, 6.45) is 5.00. The first kappa shape index (κ1) is 26.8. The summed E-state index contributed by atoms with van der Waals surface area (Å²) >= 11 is 0. The number of carbonyl (C=O) groups excluding carboxylic acids is 1. The van der Waals surface area contributed by atoms with Gasteiger partial charge >= 0.3 is 0 Å². The summed E-state index contributed by atoms with van der Waals surface area (Å²) in [5.74, 6) is -0.483. The van der Waals surface area contributed by atoms with Crippen molar-refractivity contribution in [1.82, 2.24) is 5.43 Å². The van der Waals surface area contributed by atoms with Crippen LogP contribution in [0, 0.1) is 5.82 Å². The van der Waals surface area contributed by atoms with E-state index in [1.165, 1.54) is 32.6 Å². The Morgan fingerprint density at radius 3 is 2.29 bits per heavy atom. The zero-order valence-electron chi connectivity index (χ0n) is 21.4. The quantitative estimate of drug-likeness (QED) is 0.308. The largest absolute Gasteiger partial charge is 0.502 e. The molecule has 0 bridgehead atoms. The molecular weight excluding hydrogens is 507 g/mol. The van der Waals surface area contributed by atoms with Crippen LogP contribution in [0.15, 0.2) is 70.2 Å². The number of carbonyl (C=O) groups is 1. The fraction of sp³-hybridized carbons (Fsp3) is 0.172. The second-order valence-electron chi connectivity index (χ2n) is 8.62. The van der Waals surface area contributed by atoms with Gasteiger partial charge in [0.15, 0.2) is 11.5 Å². The molecule has 0 aliphatic heterocycles. The molecule has 196 valence electrons. The molecule has 0 radical (unpaired) electrons. The van der Waals surface area contributed by atoms with Crippen LogP contribution in [0.25, 0.3) is 17.2 Å². The zero-order chi connectivity index (χ0) is 27.4. The van der Waals surface area contributed by atoms with Crippen molar-refractivity contribution in [1.29, 1.82) is 0 Å². The maximum atomic E-state index is 14.2. The van der Waals surface area contributed by atoms with Crippen molar-refractivity contribution in [3.63, 3.8) is 0 Å². The molecule has 0 fully saturated rings. The van der Waals surface area contributed by atoms with Gasteiger partial charge in [-0.15, -0.1) is 0 Å². The number of hydrogen-bond acceptors (Lipinski definition) is 6. The topological polar surface area (TPSA) is 97.2 Å². The van der Waals surface area contributed by atoms with Gasteiger partial charge in [-0.25, -0.2) is 9.82 Å². The molecule has 0 saturated carbocycles. The van der Waals surface area contributed by atoms with Crippen molar-refractivity contribution < 1.29 is 28.0 Å². The molecule has 0 spiro atoms. The third-order valence-electron chi connectivity index (χ3n) is 6.22. The van der Waals surface area contributed by atoms with E-state index in [0.717, 1.165) is 27.2 Å². The number of nitrogens with one attached hydrogen (secondary N) is 1. The summed E-state index contributed by atoms with van der Waals surface area (Å²) in [4.78, 5) is 13.5. The average Bonchev–Trinajstić information content (AvgIpc) is 3.14. The van der Waals surface area contributed by atoms with E-state index in [2.05, 4.69) is 10.5 Å². The lowest BCUT2D eigenvalue weighted by atomic mass is 10.0. The van der Waals surface area contributed by atoms with Crippen LogP contribution in [0.1, 0.15) is 35.6 Å². The van der Waals surface area contributed by atoms with Crippen LogP contribution in [0.3, 0.4) is 0 Å². The van der Waals surface area contributed by atoms with Gasteiger partial charge in [-0.05, 0) is 82.8 Å². The molecule has 4 rings (SSSR count). The molecule has 1 amide bonds. The highest BCUT2D eigenvalue weighted by molar-refractivity contribution is 7.84. The molecule has 1 aliphatic rings. The molecule has 1 unspecified atom stereocenters. The van der Waals surface area contributed by atoms with Gasteiger partial charge in [0.1, 0.15) is 5.82 Å². The van der Waals surface area contributed by atoms with Gasteiger partial charge in [-0.3, -0.25) is 9.00 Å². The number of phenolic OH excluding ortho intramolecular Hbond substituents is 1. The van der Waals surface area contributed by atoms with E-state index in [9.17, 15) is 18.5 Å². The minimum Gasteiger partial charge on any atom is -0.502 e. The van der Waals surface area contributed by atoms with Crippen LogP contribution in [0.2, 0.25) is 0 Å². The Bertz CT molecular complexity index is 1480. The van der Waals surface area contributed by atoms with Gasteiger partial charge in [0.25, 0.3) is 0 Å². The SMILES string of the molecule is COc1cc(C=NNC(=O)CC2=C(C)/C(=C/c3ccc(S(C)=O)cc3)c3ccc(F)cc32)cc(OC)c1O. The first-order valence-electron chi connectivity index (χ1n) is 11.6. The predicted molar refractivity (Wildman–Crippen MR) is 147 cm³/mol. The number of fused-ring (bicyclic) bond motifs is 1. The normalized spacial score (nSPS) is 14.6. The Kier molecular flexibility index (Phi) is 8.07. The maximum Gasteiger partial charge on any atom is 0.244 e. The molecule has 3 aromatic rings. The van der Waals surface area contributed by atoms with E-state index in [0.29, 0.717) is 16.7 Å². The summed E-state index contributed by atoms with van der Waals surface area (Å²) in [6, 6.07) is 15.0. The van der Waals surface area contributed by atoms with Crippen LogP contribution in [0.5, 0.6) is 17.2 Å². The lowest BCUT2D eigenvalue weighted by Crippen LogP contribution is -2.17. The number of aromatic hydroxyl groups is 1. The van der Waals surface area contributed by atoms with Gasteiger partial charge in [0.2, 0.25) is 11.7 Å². The van der Waals surface area contributed by atoms with E-state index in [1.807, 2.05) is 37.3 Å². The number of allylic oxidation sites excluding steroid dienone is 2. The number of methoxy groups -OCH3 is 2. The summed E-state index contributed by atoms with van der Waals surface area (Å²) in [5.41, 5.74) is 7.90. The van der Waals surface area contributed by atoms with E-state index >= 15 is 0 Å². The Labute approximate surface area is 222 Å². The van der Waals surface area contributed by atoms with Crippen molar-refractivity contribution in [2.75, 3.05) is 20.5 Å². The number of ether oxygens (including phenoxy) is 2. The molecule has 38 heavy (non-hydrogen) atoms. The van der Waals surface area contributed by atoms with E-state index in [1.54, 1.807) is 24.5 Å². The molecule has 7 nitrogen and oxygen atoms in total. The van der Waals surface area contributed by atoms with Crippen LogP contribution in [-0.2, 0) is 15.6 Å². The summed E-state index contributed by atoms with van der Waals surface area (Å²) in [6.45, 7) is 1.90.